The number of aryl methyl sites for hydroxylation is 2. The summed E-state index contributed by atoms with van der Waals surface area (Å²) in [4.78, 5) is 1.50. The molecule has 6 heteroatoms. The van der Waals surface area contributed by atoms with Crippen LogP contribution in [0.25, 0.3) is 0 Å². The predicted octanol–water partition coefficient (Wildman–Crippen LogP) is 5.47. The van der Waals surface area contributed by atoms with Crippen LogP contribution in [-0.2, 0) is 19.3 Å². The van der Waals surface area contributed by atoms with E-state index in [1.807, 2.05) is 43.4 Å². The van der Waals surface area contributed by atoms with Crippen molar-refractivity contribution in [3.8, 4) is 5.75 Å². The van der Waals surface area contributed by atoms with E-state index in [9.17, 15) is 0 Å². The van der Waals surface area contributed by atoms with E-state index < -0.39 is 0 Å². The molecule has 0 amide bonds. The van der Waals surface area contributed by atoms with Crippen LogP contribution in [0.2, 0.25) is 0 Å². The van der Waals surface area contributed by atoms with Crippen LogP contribution in [0, 0.1) is 6.92 Å². The quantitative estimate of drug-likeness (QED) is 0.400. The largest absolute Gasteiger partial charge is 0.493 e. The van der Waals surface area contributed by atoms with E-state index in [0.717, 1.165) is 37.4 Å². The first-order valence-corrected chi connectivity index (χ1v) is 10.8. The van der Waals surface area contributed by atoms with Crippen LogP contribution in [0.5, 0.6) is 5.75 Å². The molecule has 3 aromatic rings. The number of benzene rings is 1. The molecule has 5 nitrogen and oxygen atoms in total. The summed E-state index contributed by atoms with van der Waals surface area (Å²) in [7, 11) is 0. The molecule has 0 N–H and O–H groups in total. The minimum absolute atomic E-state index is 0.701. The number of nitrogens with zero attached hydrogens (tertiary/aromatic N) is 4. The molecule has 4 rings (SSSR count). The van der Waals surface area contributed by atoms with E-state index in [1.165, 1.54) is 21.6 Å². The maximum atomic E-state index is 5.47. The SMILES string of the molecule is C=CCCc1sccc1C.C=Nn1cnnc1Cc1ccc2c(c1)CCO2.CC. The van der Waals surface area contributed by atoms with E-state index >= 15 is 0 Å². The zero-order chi connectivity index (χ0) is 21.1. The van der Waals surface area contributed by atoms with E-state index in [0.29, 0.717) is 6.42 Å². The molecule has 0 saturated heterocycles. The third kappa shape index (κ3) is 6.39. The number of rotatable bonds is 6. The monoisotopic (exact) mass is 410 g/mol. The van der Waals surface area contributed by atoms with Crippen molar-refractivity contribution in [1.82, 2.24) is 14.9 Å². The lowest BCUT2D eigenvalue weighted by molar-refractivity contribution is 0.357. The summed E-state index contributed by atoms with van der Waals surface area (Å²) in [5, 5.41) is 13.8. The summed E-state index contributed by atoms with van der Waals surface area (Å²) in [6.45, 7) is 14.1. The number of allylic oxidation sites excluding steroid dienone is 1. The van der Waals surface area contributed by atoms with Crippen LogP contribution in [0.4, 0.5) is 0 Å². The fourth-order valence-electron chi connectivity index (χ4n) is 2.91. The number of ether oxygens (including phenoxy) is 1. The first-order chi connectivity index (χ1) is 14.2. The van der Waals surface area contributed by atoms with E-state index in [-0.39, 0.29) is 0 Å². The predicted molar refractivity (Wildman–Crippen MR) is 122 cm³/mol. The van der Waals surface area contributed by atoms with Crippen LogP contribution in [0.3, 0.4) is 0 Å². The zero-order valence-corrected chi connectivity index (χ0v) is 18.4. The van der Waals surface area contributed by atoms with E-state index in [4.69, 9.17) is 4.74 Å². The van der Waals surface area contributed by atoms with Crippen LogP contribution < -0.4 is 4.74 Å². The molecule has 0 atom stereocenters. The van der Waals surface area contributed by atoms with E-state index in [1.54, 1.807) is 11.0 Å². The molecule has 29 heavy (non-hydrogen) atoms. The number of fused-ring (bicyclic) bond motifs is 1. The van der Waals surface area contributed by atoms with Crippen molar-refractivity contribution >= 4 is 18.1 Å². The first kappa shape index (κ1) is 22.6. The van der Waals surface area contributed by atoms with Crippen LogP contribution in [0.1, 0.15) is 47.7 Å². The Bertz CT molecular complexity index is 913. The Morgan fingerprint density at radius 3 is 2.83 bits per heavy atom. The van der Waals surface area contributed by atoms with Crippen LogP contribution in [-0.4, -0.2) is 28.2 Å². The van der Waals surface area contributed by atoms with Gasteiger partial charge in [0.25, 0.3) is 0 Å². The Balaban J connectivity index is 0.000000215. The Hall–Kier alpha value is -2.73. The molecular weight excluding hydrogens is 380 g/mol. The highest BCUT2D eigenvalue weighted by molar-refractivity contribution is 7.10. The number of thiophene rings is 1. The molecule has 0 radical (unpaired) electrons. The van der Waals surface area contributed by atoms with Crippen molar-refractivity contribution < 1.29 is 4.74 Å². The van der Waals surface area contributed by atoms with Gasteiger partial charge in [-0.25, -0.2) is 4.68 Å². The van der Waals surface area contributed by atoms with Gasteiger partial charge in [0.1, 0.15) is 12.1 Å². The highest BCUT2D eigenvalue weighted by atomic mass is 32.1. The average Bonchev–Trinajstić information content (AvgIpc) is 3.49. The molecule has 1 aliphatic rings. The maximum Gasteiger partial charge on any atom is 0.158 e. The van der Waals surface area contributed by atoms with Crippen molar-refractivity contribution in [3.63, 3.8) is 0 Å². The van der Waals surface area contributed by atoms with E-state index in [2.05, 4.69) is 53.0 Å². The van der Waals surface area contributed by atoms with Gasteiger partial charge in [-0.1, -0.05) is 32.1 Å². The fraction of sp³-hybridized carbons (Fsp3) is 0.348. The third-order valence-electron chi connectivity index (χ3n) is 4.41. The normalized spacial score (nSPS) is 11.3. The Kier molecular flexibility index (Phi) is 9.31. The molecule has 154 valence electrons. The van der Waals surface area contributed by atoms with Gasteiger partial charge in [0.05, 0.1) is 6.61 Å². The highest BCUT2D eigenvalue weighted by Gasteiger charge is 2.13. The summed E-state index contributed by atoms with van der Waals surface area (Å²) in [5.74, 6) is 1.79. The standard InChI is InChI=1S/C12H12N4O.C9H12S.C2H6/c1-13-16-8-14-15-12(16)7-9-2-3-11-10(6-9)4-5-17-11;1-3-4-5-9-8(2)6-7-10-9;1-2/h2-3,6,8H,1,4-5,7H2;3,6-7H,1,4-5H2,2H3;1-2H3. The van der Waals surface area contributed by atoms with Crippen molar-refractivity contribution in [2.24, 2.45) is 5.10 Å². The van der Waals surface area contributed by atoms with Gasteiger partial charge in [0.2, 0.25) is 0 Å². The van der Waals surface area contributed by atoms with Gasteiger partial charge in [-0.05, 0) is 54.0 Å². The van der Waals surface area contributed by atoms with Gasteiger partial charge in [-0.2, -0.15) is 5.10 Å². The summed E-state index contributed by atoms with van der Waals surface area (Å²) >= 11 is 1.84. The molecule has 0 unspecified atom stereocenters. The fourth-order valence-corrected chi connectivity index (χ4v) is 3.84. The molecule has 3 heterocycles. The summed E-state index contributed by atoms with van der Waals surface area (Å²) in [6.07, 6.45) is 7.47. The maximum absolute atomic E-state index is 5.47. The Morgan fingerprint density at radius 1 is 1.31 bits per heavy atom. The molecule has 1 aliphatic heterocycles. The second-order valence-corrected chi connectivity index (χ2v) is 7.31. The van der Waals surface area contributed by atoms with Gasteiger partial charge >= 0.3 is 0 Å². The average molecular weight is 411 g/mol. The smallest absolute Gasteiger partial charge is 0.158 e. The number of aromatic nitrogens is 3. The first-order valence-electron chi connectivity index (χ1n) is 9.95. The zero-order valence-electron chi connectivity index (χ0n) is 17.6. The van der Waals surface area contributed by atoms with Gasteiger partial charge in [0.15, 0.2) is 5.82 Å². The summed E-state index contributed by atoms with van der Waals surface area (Å²) < 4.78 is 7.06. The number of hydrogen-bond donors (Lipinski definition) is 0. The van der Waals surface area contributed by atoms with Crippen molar-refractivity contribution in [2.75, 3.05) is 6.61 Å². The van der Waals surface area contributed by atoms with Crippen LogP contribution in [0.15, 0.2) is 53.7 Å². The molecule has 0 fully saturated rings. The minimum Gasteiger partial charge on any atom is -0.493 e. The molecule has 0 aliphatic carbocycles. The van der Waals surface area contributed by atoms with Crippen molar-refractivity contribution in [1.29, 1.82) is 0 Å². The van der Waals surface area contributed by atoms with Crippen LogP contribution >= 0.6 is 11.3 Å². The highest BCUT2D eigenvalue weighted by Crippen LogP contribution is 2.26. The molecule has 0 saturated carbocycles. The topological polar surface area (TPSA) is 52.3 Å². The van der Waals surface area contributed by atoms with Gasteiger partial charge in [0, 0.05) is 24.4 Å². The lowest BCUT2D eigenvalue weighted by Crippen LogP contribution is -1.98. The second kappa shape index (κ2) is 12.0. The lowest BCUT2D eigenvalue weighted by Gasteiger charge is -2.03. The van der Waals surface area contributed by atoms with Gasteiger partial charge in [-0.3, -0.25) is 0 Å². The molecule has 0 spiro atoms. The molecular formula is C23H30N4OS. The third-order valence-corrected chi connectivity index (χ3v) is 5.49. The van der Waals surface area contributed by atoms with Crippen molar-refractivity contribution in [3.05, 3.63) is 76.0 Å². The second-order valence-electron chi connectivity index (χ2n) is 6.30. The molecule has 1 aromatic carbocycles. The lowest BCUT2D eigenvalue weighted by atomic mass is 10.1. The summed E-state index contributed by atoms with van der Waals surface area (Å²) in [5.41, 5.74) is 3.87. The Labute approximate surface area is 177 Å². The van der Waals surface area contributed by atoms with Gasteiger partial charge in [-0.15, -0.1) is 28.1 Å². The summed E-state index contributed by atoms with van der Waals surface area (Å²) in [6, 6.07) is 8.39. The molecule has 0 bridgehead atoms. The van der Waals surface area contributed by atoms with Crippen molar-refractivity contribution in [2.45, 2.75) is 46.5 Å². The minimum atomic E-state index is 0.701. The number of hydrogen-bond acceptors (Lipinski definition) is 5. The van der Waals surface area contributed by atoms with Gasteiger partial charge < -0.3 is 4.74 Å². The molecule has 2 aromatic heterocycles. The Morgan fingerprint density at radius 2 is 2.14 bits per heavy atom.